The average Bonchev–Trinajstić information content (AvgIpc) is 2.96. The molecule has 1 heterocycles. The molecule has 3 rings (SSSR count). The second kappa shape index (κ2) is 6.87. The third-order valence-electron chi connectivity index (χ3n) is 4.15. The van der Waals surface area contributed by atoms with Crippen LogP contribution >= 0.6 is 0 Å². The maximum absolute atomic E-state index is 12.5. The highest BCUT2D eigenvalue weighted by Gasteiger charge is 2.16. The summed E-state index contributed by atoms with van der Waals surface area (Å²) >= 11 is 0. The molecule has 1 aromatic heterocycles. The number of aromatic nitrogens is 2. The molecule has 0 saturated carbocycles. The molecule has 2 N–H and O–H groups in total. The molecule has 0 fully saturated rings. The molecule has 1 amide bonds. The number of imidazole rings is 1. The fourth-order valence-electron chi connectivity index (χ4n) is 2.80. The number of rotatable bonds is 5. The van der Waals surface area contributed by atoms with Crippen molar-refractivity contribution in [1.29, 1.82) is 0 Å². The van der Waals surface area contributed by atoms with Gasteiger partial charge in [0.05, 0.1) is 17.0 Å². The molecular weight excluding hydrogens is 298 g/mol. The van der Waals surface area contributed by atoms with E-state index in [4.69, 9.17) is 0 Å². The lowest BCUT2D eigenvalue weighted by atomic mass is 9.96. The van der Waals surface area contributed by atoms with Crippen molar-refractivity contribution in [2.75, 3.05) is 5.32 Å². The summed E-state index contributed by atoms with van der Waals surface area (Å²) in [4.78, 5) is 20.0. The van der Waals surface area contributed by atoms with Crippen molar-refractivity contribution in [2.45, 2.75) is 33.1 Å². The van der Waals surface area contributed by atoms with E-state index < -0.39 is 0 Å². The second-order valence-corrected chi connectivity index (χ2v) is 6.65. The summed E-state index contributed by atoms with van der Waals surface area (Å²) in [7, 11) is 0. The molecule has 24 heavy (non-hydrogen) atoms. The lowest BCUT2D eigenvalue weighted by Crippen LogP contribution is -2.19. The van der Waals surface area contributed by atoms with Gasteiger partial charge in [-0.05, 0) is 42.5 Å². The fraction of sp³-hybridized carbons (Fsp3) is 0.300. The number of carbonyl (C=O) groups excluding carboxylic acids is 1. The van der Waals surface area contributed by atoms with Gasteiger partial charge in [0.25, 0.3) is 0 Å². The molecule has 3 aromatic rings. The number of benzene rings is 2. The zero-order valence-corrected chi connectivity index (χ0v) is 14.3. The van der Waals surface area contributed by atoms with Gasteiger partial charge in [0, 0.05) is 0 Å². The van der Waals surface area contributed by atoms with Crippen LogP contribution in [0.1, 0.15) is 37.8 Å². The van der Waals surface area contributed by atoms with Crippen molar-refractivity contribution in [3.8, 4) is 0 Å². The largest absolute Gasteiger partial charge is 0.324 e. The van der Waals surface area contributed by atoms with Crippen LogP contribution in [0.15, 0.2) is 48.5 Å². The number of para-hydroxylation sites is 2. The number of H-pyrrole nitrogens is 1. The second-order valence-electron chi connectivity index (χ2n) is 6.65. The first-order chi connectivity index (χ1) is 11.5. The highest BCUT2D eigenvalue weighted by Crippen LogP contribution is 2.20. The van der Waals surface area contributed by atoms with Gasteiger partial charge in [-0.2, -0.15) is 0 Å². The lowest BCUT2D eigenvalue weighted by Gasteiger charge is -2.12. The minimum absolute atomic E-state index is 0.0642. The van der Waals surface area contributed by atoms with E-state index in [-0.39, 0.29) is 11.8 Å². The van der Waals surface area contributed by atoms with Gasteiger partial charge in [-0.1, -0.05) is 50.2 Å². The molecule has 0 spiro atoms. The first kappa shape index (κ1) is 16.2. The average molecular weight is 321 g/mol. The molecule has 0 aliphatic rings. The summed E-state index contributed by atoms with van der Waals surface area (Å²) < 4.78 is 0. The zero-order chi connectivity index (χ0) is 17.1. The van der Waals surface area contributed by atoms with Crippen LogP contribution in [0, 0.1) is 5.92 Å². The highest BCUT2D eigenvalue weighted by molar-refractivity contribution is 5.95. The van der Waals surface area contributed by atoms with Gasteiger partial charge < -0.3 is 4.98 Å². The van der Waals surface area contributed by atoms with E-state index in [1.54, 1.807) is 0 Å². The summed E-state index contributed by atoms with van der Waals surface area (Å²) in [6, 6.07) is 16.0. The SMILES string of the molecule is CC(C)Cc1ccc([C@@H](C)C(=O)Nc2nc3ccccc3[nH]2)cc1. The third kappa shape index (κ3) is 3.65. The molecule has 0 bridgehead atoms. The Kier molecular flexibility index (Phi) is 4.65. The maximum Gasteiger partial charge on any atom is 0.233 e. The molecule has 1 atom stereocenters. The number of nitrogens with zero attached hydrogens (tertiary/aromatic N) is 1. The van der Waals surface area contributed by atoms with Gasteiger partial charge in [-0.3, -0.25) is 10.1 Å². The standard InChI is InChI=1S/C20H23N3O/c1-13(2)12-15-8-10-16(11-9-15)14(3)19(24)23-20-21-17-6-4-5-7-18(17)22-20/h4-11,13-14H,12H2,1-3H3,(H2,21,22,23,24)/t14-/m1/s1. The van der Waals surface area contributed by atoms with Crippen molar-refractivity contribution < 1.29 is 4.79 Å². The van der Waals surface area contributed by atoms with E-state index >= 15 is 0 Å². The van der Waals surface area contributed by atoms with E-state index in [1.165, 1.54) is 5.56 Å². The van der Waals surface area contributed by atoms with E-state index in [0.717, 1.165) is 23.0 Å². The topological polar surface area (TPSA) is 57.8 Å². The van der Waals surface area contributed by atoms with Crippen molar-refractivity contribution in [2.24, 2.45) is 5.92 Å². The monoisotopic (exact) mass is 321 g/mol. The zero-order valence-electron chi connectivity index (χ0n) is 14.3. The number of anilines is 1. The summed E-state index contributed by atoms with van der Waals surface area (Å²) in [5.41, 5.74) is 4.08. The molecule has 4 heteroatoms. The van der Waals surface area contributed by atoms with Crippen LogP contribution in [0.2, 0.25) is 0 Å². The van der Waals surface area contributed by atoms with E-state index in [9.17, 15) is 4.79 Å². The van der Waals surface area contributed by atoms with Crippen LogP contribution < -0.4 is 5.32 Å². The Balaban J connectivity index is 1.69. The first-order valence-corrected chi connectivity index (χ1v) is 8.37. The van der Waals surface area contributed by atoms with Crippen LogP contribution in [-0.4, -0.2) is 15.9 Å². The molecular formula is C20H23N3O. The van der Waals surface area contributed by atoms with Gasteiger partial charge in [0.15, 0.2) is 0 Å². The molecule has 4 nitrogen and oxygen atoms in total. The minimum Gasteiger partial charge on any atom is -0.324 e. The Morgan fingerprint density at radius 2 is 1.79 bits per heavy atom. The van der Waals surface area contributed by atoms with Crippen molar-refractivity contribution in [3.05, 3.63) is 59.7 Å². The maximum atomic E-state index is 12.5. The number of nitrogens with one attached hydrogen (secondary N) is 2. The van der Waals surface area contributed by atoms with Crippen molar-refractivity contribution >= 4 is 22.9 Å². The third-order valence-corrected chi connectivity index (χ3v) is 4.15. The molecule has 0 aliphatic heterocycles. The van der Waals surface area contributed by atoms with Crippen LogP contribution in [0.25, 0.3) is 11.0 Å². The normalized spacial score (nSPS) is 12.5. The number of fused-ring (bicyclic) bond motifs is 1. The fourth-order valence-corrected chi connectivity index (χ4v) is 2.80. The molecule has 124 valence electrons. The number of hydrogen-bond acceptors (Lipinski definition) is 2. The van der Waals surface area contributed by atoms with E-state index in [1.807, 2.05) is 43.3 Å². The van der Waals surface area contributed by atoms with Crippen LogP contribution in [0.3, 0.4) is 0 Å². The quantitative estimate of drug-likeness (QED) is 0.726. The van der Waals surface area contributed by atoms with Gasteiger partial charge in [0.2, 0.25) is 11.9 Å². The van der Waals surface area contributed by atoms with Crippen LogP contribution in [0.5, 0.6) is 0 Å². The van der Waals surface area contributed by atoms with Crippen molar-refractivity contribution in [1.82, 2.24) is 9.97 Å². The van der Waals surface area contributed by atoms with Crippen LogP contribution in [-0.2, 0) is 11.2 Å². The van der Waals surface area contributed by atoms with Gasteiger partial charge in [-0.25, -0.2) is 4.98 Å². The number of hydrogen-bond donors (Lipinski definition) is 2. The van der Waals surface area contributed by atoms with E-state index in [0.29, 0.717) is 11.9 Å². The van der Waals surface area contributed by atoms with E-state index in [2.05, 4.69) is 41.3 Å². The smallest absolute Gasteiger partial charge is 0.233 e. The summed E-state index contributed by atoms with van der Waals surface area (Å²) in [5.74, 6) is 0.825. The molecule has 0 aliphatic carbocycles. The molecule has 0 unspecified atom stereocenters. The molecule has 0 saturated heterocycles. The minimum atomic E-state index is -0.230. The van der Waals surface area contributed by atoms with Crippen LogP contribution in [0.4, 0.5) is 5.95 Å². The summed E-state index contributed by atoms with van der Waals surface area (Å²) in [6.45, 7) is 6.32. The van der Waals surface area contributed by atoms with Gasteiger partial charge in [0.1, 0.15) is 0 Å². The molecule has 2 aromatic carbocycles. The Labute approximate surface area is 142 Å². The Morgan fingerprint density at radius 3 is 2.46 bits per heavy atom. The number of carbonyl (C=O) groups is 1. The predicted molar refractivity (Wildman–Crippen MR) is 98.1 cm³/mol. The summed E-state index contributed by atoms with van der Waals surface area (Å²) in [5, 5.41) is 2.87. The first-order valence-electron chi connectivity index (χ1n) is 8.37. The molecule has 0 radical (unpaired) electrons. The predicted octanol–water partition coefficient (Wildman–Crippen LogP) is 4.50. The summed E-state index contributed by atoms with van der Waals surface area (Å²) in [6.07, 6.45) is 1.06. The number of amides is 1. The Morgan fingerprint density at radius 1 is 1.08 bits per heavy atom. The Bertz CT molecular complexity index is 800. The van der Waals surface area contributed by atoms with Gasteiger partial charge >= 0.3 is 0 Å². The Hall–Kier alpha value is -2.62. The highest BCUT2D eigenvalue weighted by atomic mass is 16.2. The van der Waals surface area contributed by atoms with Crippen molar-refractivity contribution in [3.63, 3.8) is 0 Å². The number of aromatic amines is 1. The lowest BCUT2D eigenvalue weighted by molar-refractivity contribution is -0.117. The van der Waals surface area contributed by atoms with Gasteiger partial charge in [-0.15, -0.1) is 0 Å².